The molecule has 36 heavy (non-hydrogen) atoms. The van der Waals surface area contributed by atoms with Crippen molar-refractivity contribution in [1.29, 1.82) is 0 Å². The average molecular weight is 503 g/mol. The Balaban J connectivity index is 1.69. The van der Waals surface area contributed by atoms with Crippen LogP contribution in [0.5, 0.6) is 0 Å². The van der Waals surface area contributed by atoms with Crippen LogP contribution in [0.3, 0.4) is 0 Å². The number of methoxy groups -OCH3 is 2. The Morgan fingerprint density at radius 1 is 1.11 bits per heavy atom. The number of hydrogen-bond donors (Lipinski definition) is 2. The normalized spacial score (nSPS) is 30.8. The summed E-state index contributed by atoms with van der Waals surface area (Å²) >= 11 is 0. The first-order valence-electron chi connectivity index (χ1n) is 13.5. The van der Waals surface area contributed by atoms with Crippen LogP contribution in [0.4, 0.5) is 0 Å². The van der Waals surface area contributed by atoms with Crippen molar-refractivity contribution in [2.24, 2.45) is 29.1 Å². The molecule has 0 aromatic heterocycles. The van der Waals surface area contributed by atoms with E-state index in [1.165, 1.54) is 0 Å². The van der Waals surface area contributed by atoms with Crippen LogP contribution in [0.15, 0.2) is 30.3 Å². The number of hydrogen-bond acceptors (Lipinski definition) is 5. The zero-order chi connectivity index (χ0) is 26.3. The van der Waals surface area contributed by atoms with Crippen molar-refractivity contribution in [3.8, 4) is 0 Å². The predicted molar refractivity (Wildman–Crippen MR) is 140 cm³/mol. The number of aliphatic hydroxyl groups is 1. The van der Waals surface area contributed by atoms with Gasteiger partial charge in [0.15, 0.2) is 0 Å². The molecule has 1 aromatic carbocycles. The van der Waals surface area contributed by atoms with E-state index in [1.807, 2.05) is 37.3 Å². The van der Waals surface area contributed by atoms with Crippen molar-refractivity contribution in [3.63, 3.8) is 0 Å². The number of aliphatic hydroxyl groups excluding tert-OH is 1. The minimum atomic E-state index is -0.585. The van der Waals surface area contributed by atoms with E-state index in [9.17, 15) is 14.7 Å². The number of nitrogens with zero attached hydrogens (tertiary/aromatic N) is 1. The topological polar surface area (TPSA) is 88.1 Å². The number of rotatable bonds is 11. The summed E-state index contributed by atoms with van der Waals surface area (Å²) in [5.74, 6) is -0.162. The molecule has 0 bridgehead atoms. The number of nitrogens with one attached hydrogen (secondary N) is 1. The number of fused-ring (bicyclic) bond motifs is 1. The lowest BCUT2D eigenvalue weighted by Crippen LogP contribution is -2.59. The Kier molecular flexibility index (Phi) is 10.3. The van der Waals surface area contributed by atoms with E-state index >= 15 is 0 Å². The molecule has 7 nitrogen and oxygen atoms in total. The van der Waals surface area contributed by atoms with Crippen molar-refractivity contribution < 1.29 is 24.2 Å². The maximum absolute atomic E-state index is 13.5. The zero-order valence-electron chi connectivity index (χ0n) is 22.7. The van der Waals surface area contributed by atoms with Gasteiger partial charge in [0, 0.05) is 39.3 Å². The van der Waals surface area contributed by atoms with Gasteiger partial charge in [0.1, 0.15) is 0 Å². The molecule has 7 atom stereocenters. The molecule has 7 heteroatoms. The average Bonchev–Trinajstić information content (AvgIpc) is 2.86. The summed E-state index contributed by atoms with van der Waals surface area (Å²) < 4.78 is 10.4. The molecule has 3 rings (SSSR count). The van der Waals surface area contributed by atoms with Crippen LogP contribution >= 0.6 is 0 Å². The van der Waals surface area contributed by atoms with Gasteiger partial charge in [-0.15, -0.1) is 0 Å². The molecule has 0 heterocycles. The van der Waals surface area contributed by atoms with Crippen LogP contribution in [0.25, 0.3) is 0 Å². The molecule has 0 radical (unpaired) electrons. The van der Waals surface area contributed by atoms with Gasteiger partial charge >= 0.3 is 0 Å². The highest BCUT2D eigenvalue weighted by Gasteiger charge is 2.54. The highest BCUT2D eigenvalue weighted by atomic mass is 16.5. The molecule has 2 aliphatic rings. The largest absolute Gasteiger partial charge is 0.392 e. The quantitative estimate of drug-likeness (QED) is 0.485. The summed E-state index contributed by atoms with van der Waals surface area (Å²) in [5, 5.41) is 15.0. The monoisotopic (exact) mass is 502 g/mol. The van der Waals surface area contributed by atoms with Crippen LogP contribution in [-0.4, -0.2) is 74.5 Å². The lowest BCUT2D eigenvalue weighted by atomic mass is 9.51. The molecular formula is C29H46N2O5. The van der Waals surface area contributed by atoms with Crippen LogP contribution < -0.4 is 5.32 Å². The first-order valence-corrected chi connectivity index (χ1v) is 13.5. The fraction of sp³-hybridized carbons (Fsp3) is 0.724. The van der Waals surface area contributed by atoms with Gasteiger partial charge in [-0.3, -0.25) is 9.59 Å². The Hall–Kier alpha value is -1.96. The van der Waals surface area contributed by atoms with Gasteiger partial charge in [0.25, 0.3) is 0 Å². The Morgan fingerprint density at radius 3 is 2.33 bits per heavy atom. The molecule has 2 fully saturated rings. The van der Waals surface area contributed by atoms with Crippen molar-refractivity contribution >= 4 is 11.8 Å². The van der Waals surface area contributed by atoms with Gasteiger partial charge in [0.2, 0.25) is 11.8 Å². The highest BCUT2D eigenvalue weighted by molar-refractivity contribution is 5.79. The molecule has 2 amide bonds. The van der Waals surface area contributed by atoms with Crippen LogP contribution in [-0.2, 0) is 25.5 Å². The number of carbonyl (C=O) groups is 2. The molecule has 2 saturated carbocycles. The lowest BCUT2D eigenvalue weighted by Gasteiger charge is -2.56. The lowest BCUT2D eigenvalue weighted by molar-refractivity contribution is -0.151. The van der Waals surface area contributed by atoms with Gasteiger partial charge < -0.3 is 24.8 Å². The molecule has 2 aliphatic carbocycles. The van der Waals surface area contributed by atoms with Gasteiger partial charge in [-0.25, -0.2) is 0 Å². The highest BCUT2D eigenvalue weighted by Crippen LogP contribution is 2.55. The third-order valence-corrected chi connectivity index (χ3v) is 8.92. The molecule has 202 valence electrons. The summed E-state index contributed by atoms with van der Waals surface area (Å²) in [4.78, 5) is 28.1. The molecule has 7 unspecified atom stereocenters. The maximum atomic E-state index is 13.5. The van der Waals surface area contributed by atoms with Crippen molar-refractivity contribution in [2.75, 3.05) is 40.5 Å². The van der Waals surface area contributed by atoms with Gasteiger partial charge in [-0.1, -0.05) is 51.1 Å². The summed E-state index contributed by atoms with van der Waals surface area (Å²) in [6.07, 6.45) is 3.49. The number of ether oxygens (including phenoxy) is 2. The first kappa shape index (κ1) is 28.6. The van der Waals surface area contributed by atoms with Crippen molar-refractivity contribution in [1.82, 2.24) is 10.2 Å². The van der Waals surface area contributed by atoms with Crippen LogP contribution in [0, 0.1) is 29.1 Å². The maximum Gasteiger partial charge on any atom is 0.225 e. The molecule has 0 saturated heterocycles. The Labute approximate surface area is 216 Å². The van der Waals surface area contributed by atoms with E-state index < -0.39 is 6.10 Å². The smallest absolute Gasteiger partial charge is 0.225 e. The zero-order valence-corrected chi connectivity index (χ0v) is 22.7. The Bertz CT molecular complexity index is 841. The molecule has 2 N–H and O–H groups in total. The summed E-state index contributed by atoms with van der Waals surface area (Å²) in [6, 6.07) is 9.81. The van der Waals surface area contributed by atoms with E-state index in [0.29, 0.717) is 32.7 Å². The number of carbonyl (C=O) groups excluding carboxylic acids is 2. The minimum absolute atomic E-state index is 0.0184. The fourth-order valence-electron chi connectivity index (χ4n) is 6.74. The Morgan fingerprint density at radius 2 is 1.72 bits per heavy atom. The van der Waals surface area contributed by atoms with E-state index in [0.717, 1.165) is 31.2 Å². The van der Waals surface area contributed by atoms with Crippen molar-refractivity contribution in [2.45, 2.75) is 65.0 Å². The second-order valence-corrected chi connectivity index (χ2v) is 11.2. The van der Waals surface area contributed by atoms with Gasteiger partial charge in [-0.05, 0) is 54.4 Å². The third kappa shape index (κ3) is 6.67. The van der Waals surface area contributed by atoms with Crippen molar-refractivity contribution in [3.05, 3.63) is 35.9 Å². The molecule has 0 aliphatic heterocycles. The van der Waals surface area contributed by atoms with Gasteiger partial charge in [0.05, 0.1) is 25.7 Å². The molecule has 1 aromatic rings. The fourth-order valence-corrected chi connectivity index (χ4v) is 6.74. The second kappa shape index (κ2) is 13.0. The van der Waals surface area contributed by atoms with E-state index in [-0.39, 0.29) is 46.9 Å². The molecule has 0 spiro atoms. The van der Waals surface area contributed by atoms with Crippen LogP contribution in [0.1, 0.15) is 52.0 Å². The molecular weight excluding hydrogens is 456 g/mol. The SMILES string of the molecule is COCCN(CCOC)C(=O)C(C)C1CCC2(C)CCC(NC(=O)Cc3ccccc3)C(C)C2C1O. The van der Waals surface area contributed by atoms with Gasteiger partial charge in [-0.2, -0.15) is 0 Å². The number of amides is 2. The van der Waals surface area contributed by atoms with Crippen LogP contribution in [0.2, 0.25) is 0 Å². The summed E-state index contributed by atoms with van der Waals surface area (Å²) in [7, 11) is 3.27. The summed E-state index contributed by atoms with van der Waals surface area (Å²) in [5.41, 5.74) is 1.02. The third-order valence-electron chi connectivity index (χ3n) is 8.92. The standard InChI is InChI=1S/C29H46N2O5/c1-20(28(34)31(15-17-35-4)16-18-36-5)23-11-13-29(3)14-12-24(21(2)26(29)27(23)33)30-25(32)19-22-9-7-6-8-10-22/h6-10,20-21,23-24,26-27,33H,11-19H2,1-5H3,(H,30,32). The second-order valence-electron chi connectivity index (χ2n) is 11.2. The minimum Gasteiger partial charge on any atom is -0.392 e. The van der Waals surface area contributed by atoms with E-state index in [2.05, 4.69) is 19.2 Å². The first-order chi connectivity index (χ1) is 17.2. The predicted octanol–water partition coefficient (Wildman–Crippen LogP) is 3.29. The summed E-state index contributed by atoms with van der Waals surface area (Å²) in [6.45, 7) is 8.37. The van der Waals surface area contributed by atoms with E-state index in [1.54, 1.807) is 19.1 Å². The number of benzene rings is 1. The van der Waals surface area contributed by atoms with E-state index in [4.69, 9.17) is 9.47 Å².